The fourth-order valence-corrected chi connectivity index (χ4v) is 2.84. The Morgan fingerprint density at radius 1 is 1.17 bits per heavy atom. The van der Waals surface area contributed by atoms with Crippen molar-refractivity contribution in [1.82, 2.24) is 4.90 Å². The first-order valence-corrected chi connectivity index (χ1v) is 8.40. The van der Waals surface area contributed by atoms with E-state index in [1.807, 2.05) is 35.2 Å². The topological polar surface area (TPSA) is 20.3 Å². The molecule has 1 aliphatic rings. The molecule has 1 aliphatic carbocycles. The first kappa shape index (κ1) is 15.9. The van der Waals surface area contributed by atoms with Crippen LogP contribution in [-0.2, 0) is 11.3 Å². The van der Waals surface area contributed by atoms with Gasteiger partial charge in [-0.25, -0.2) is 4.39 Å². The number of carbonyl (C=O) groups is 1. The highest BCUT2D eigenvalue weighted by atomic mass is 79.9. The Morgan fingerprint density at radius 3 is 2.52 bits per heavy atom. The summed E-state index contributed by atoms with van der Waals surface area (Å²) in [7, 11) is 0. The molecule has 2 nitrogen and oxygen atoms in total. The second kappa shape index (κ2) is 7.09. The van der Waals surface area contributed by atoms with Crippen LogP contribution in [0.1, 0.15) is 24.0 Å². The Morgan fingerprint density at radius 2 is 1.87 bits per heavy atom. The molecule has 118 valence electrons. The van der Waals surface area contributed by atoms with E-state index in [9.17, 15) is 9.18 Å². The van der Waals surface area contributed by atoms with E-state index in [1.54, 1.807) is 18.2 Å². The molecule has 3 rings (SSSR count). The van der Waals surface area contributed by atoms with Crippen LogP contribution in [0, 0.1) is 5.82 Å². The molecule has 0 aliphatic heterocycles. The van der Waals surface area contributed by atoms with Gasteiger partial charge in [0.2, 0.25) is 5.91 Å². The van der Waals surface area contributed by atoms with Gasteiger partial charge in [0.15, 0.2) is 0 Å². The molecule has 4 heteroatoms. The number of carbonyl (C=O) groups excluding carboxylic acids is 1. The summed E-state index contributed by atoms with van der Waals surface area (Å²) in [6, 6.07) is 14.4. The summed E-state index contributed by atoms with van der Waals surface area (Å²) in [6.45, 7) is 0.518. The highest BCUT2D eigenvalue weighted by Gasteiger charge is 2.31. The molecular weight excluding hydrogens is 357 g/mol. The van der Waals surface area contributed by atoms with Crippen molar-refractivity contribution in [2.45, 2.75) is 25.4 Å². The molecular formula is C19H17BrFNO. The van der Waals surface area contributed by atoms with Crippen molar-refractivity contribution >= 4 is 27.9 Å². The van der Waals surface area contributed by atoms with E-state index < -0.39 is 0 Å². The summed E-state index contributed by atoms with van der Waals surface area (Å²) in [5, 5.41) is 0. The van der Waals surface area contributed by atoms with Crippen LogP contribution in [0.25, 0.3) is 6.08 Å². The molecule has 0 unspecified atom stereocenters. The average molecular weight is 374 g/mol. The molecule has 0 radical (unpaired) electrons. The number of hydrogen-bond donors (Lipinski definition) is 0. The molecule has 2 aromatic rings. The Labute approximate surface area is 143 Å². The number of halogens is 2. The van der Waals surface area contributed by atoms with E-state index in [1.165, 1.54) is 12.1 Å². The van der Waals surface area contributed by atoms with Crippen LogP contribution in [0.2, 0.25) is 0 Å². The summed E-state index contributed by atoms with van der Waals surface area (Å²) in [5.74, 6) is -0.264. The zero-order valence-corrected chi connectivity index (χ0v) is 14.2. The molecule has 0 bridgehead atoms. The Hall–Kier alpha value is -1.94. The first-order chi connectivity index (χ1) is 11.1. The van der Waals surface area contributed by atoms with Crippen LogP contribution in [0.3, 0.4) is 0 Å². The quantitative estimate of drug-likeness (QED) is 0.689. The Kier molecular flexibility index (Phi) is 4.91. The van der Waals surface area contributed by atoms with Gasteiger partial charge in [0, 0.05) is 23.1 Å². The Bertz CT molecular complexity index is 722. The van der Waals surface area contributed by atoms with Gasteiger partial charge in [-0.3, -0.25) is 4.79 Å². The van der Waals surface area contributed by atoms with Gasteiger partial charge in [-0.1, -0.05) is 46.3 Å². The van der Waals surface area contributed by atoms with E-state index in [0.29, 0.717) is 12.6 Å². The second-order valence-electron chi connectivity index (χ2n) is 5.68. The summed E-state index contributed by atoms with van der Waals surface area (Å²) in [5.41, 5.74) is 1.92. The van der Waals surface area contributed by atoms with Crippen LogP contribution in [-0.4, -0.2) is 16.8 Å². The highest BCUT2D eigenvalue weighted by Crippen LogP contribution is 2.29. The summed E-state index contributed by atoms with van der Waals surface area (Å²) >= 11 is 3.47. The largest absolute Gasteiger partial charge is 0.332 e. The fourth-order valence-electron chi connectivity index (χ4n) is 2.43. The lowest BCUT2D eigenvalue weighted by Gasteiger charge is -2.21. The lowest BCUT2D eigenvalue weighted by Crippen LogP contribution is -2.31. The van der Waals surface area contributed by atoms with Crippen molar-refractivity contribution in [2.75, 3.05) is 0 Å². The summed E-state index contributed by atoms with van der Waals surface area (Å²) in [4.78, 5) is 14.4. The number of nitrogens with zero attached hydrogens (tertiary/aromatic N) is 1. The lowest BCUT2D eigenvalue weighted by atomic mass is 10.2. The van der Waals surface area contributed by atoms with Gasteiger partial charge in [0.25, 0.3) is 0 Å². The van der Waals surface area contributed by atoms with E-state index in [0.717, 1.165) is 28.4 Å². The predicted octanol–water partition coefficient (Wildman–Crippen LogP) is 4.79. The number of amides is 1. The minimum atomic E-state index is -0.258. The van der Waals surface area contributed by atoms with Crippen molar-refractivity contribution < 1.29 is 9.18 Å². The maximum absolute atomic E-state index is 13.0. The van der Waals surface area contributed by atoms with Crippen molar-refractivity contribution in [3.8, 4) is 0 Å². The van der Waals surface area contributed by atoms with Crippen LogP contribution in [0.4, 0.5) is 4.39 Å². The molecule has 0 atom stereocenters. The maximum atomic E-state index is 13.0. The molecule has 0 heterocycles. The molecule has 0 aromatic heterocycles. The zero-order chi connectivity index (χ0) is 16.2. The number of benzene rings is 2. The normalized spacial score (nSPS) is 14.2. The second-order valence-corrected chi connectivity index (χ2v) is 6.53. The number of hydrogen-bond acceptors (Lipinski definition) is 1. The standard InChI is InChI=1S/C19H17BrFNO/c20-18-4-2-1-3-15(18)7-12-19(23)22(17-10-11-17)13-14-5-8-16(21)9-6-14/h1-9,12,17H,10-11,13H2/b12-7+. The third kappa shape index (κ3) is 4.29. The minimum absolute atomic E-state index is 0.00687. The van der Waals surface area contributed by atoms with E-state index in [4.69, 9.17) is 0 Å². The van der Waals surface area contributed by atoms with Crippen LogP contribution < -0.4 is 0 Å². The van der Waals surface area contributed by atoms with Crippen molar-refractivity contribution in [1.29, 1.82) is 0 Å². The molecule has 23 heavy (non-hydrogen) atoms. The van der Waals surface area contributed by atoms with Crippen molar-refractivity contribution in [2.24, 2.45) is 0 Å². The van der Waals surface area contributed by atoms with Gasteiger partial charge in [0.1, 0.15) is 5.82 Å². The molecule has 1 fully saturated rings. The molecule has 2 aromatic carbocycles. The SMILES string of the molecule is O=C(/C=C/c1ccccc1Br)N(Cc1ccc(F)cc1)C1CC1. The van der Waals surface area contributed by atoms with Crippen molar-refractivity contribution in [3.05, 3.63) is 76.0 Å². The van der Waals surface area contributed by atoms with Crippen molar-refractivity contribution in [3.63, 3.8) is 0 Å². The number of rotatable bonds is 5. The van der Waals surface area contributed by atoms with Gasteiger partial charge in [-0.15, -0.1) is 0 Å². The van der Waals surface area contributed by atoms with Gasteiger partial charge in [-0.2, -0.15) is 0 Å². The van der Waals surface area contributed by atoms with E-state index in [-0.39, 0.29) is 11.7 Å². The van der Waals surface area contributed by atoms with Gasteiger partial charge in [0.05, 0.1) is 0 Å². The summed E-state index contributed by atoms with van der Waals surface area (Å²) < 4.78 is 14.0. The predicted molar refractivity (Wildman–Crippen MR) is 93.1 cm³/mol. The molecule has 0 N–H and O–H groups in total. The molecule has 1 saturated carbocycles. The average Bonchev–Trinajstić information content (AvgIpc) is 3.38. The van der Waals surface area contributed by atoms with Gasteiger partial charge < -0.3 is 4.90 Å². The first-order valence-electron chi connectivity index (χ1n) is 7.61. The van der Waals surface area contributed by atoms with Gasteiger partial charge >= 0.3 is 0 Å². The molecule has 0 saturated heterocycles. The lowest BCUT2D eigenvalue weighted by molar-refractivity contribution is -0.127. The van der Waals surface area contributed by atoms with Gasteiger partial charge in [-0.05, 0) is 48.2 Å². The molecule has 0 spiro atoms. The molecule has 1 amide bonds. The third-order valence-corrected chi connectivity index (χ3v) is 4.57. The van der Waals surface area contributed by atoms with E-state index >= 15 is 0 Å². The minimum Gasteiger partial charge on any atom is -0.332 e. The smallest absolute Gasteiger partial charge is 0.247 e. The fraction of sp³-hybridized carbons (Fsp3) is 0.211. The third-order valence-electron chi connectivity index (χ3n) is 3.85. The van der Waals surface area contributed by atoms with Crippen LogP contribution in [0.15, 0.2) is 59.1 Å². The highest BCUT2D eigenvalue weighted by molar-refractivity contribution is 9.10. The van der Waals surface area contributed by atoms with E-state index in [2.05, 4.69) is 15.9 Å². The summed E-state index contributed by atoms with van der Waals surface area (Å²) in [6.07, 6.45) is 5.51. The van der Waals surface area contributed by atoms with Crippen LogP contribution in [0.5, 0.6) is 0 Å². The van der Waals surface area contributed by atoms with Crippen LogP contribution >= 0.6 is 15.9 Å². The maximum Gasteiger partial charge on any atom is 0.247 e. The monoisotopic (exact) mass is 373 g/mol. The Balaban J connectivity index is 1.72. The zero-order valence-electron chi connectivity index (χ0n) is 12.6.